The number of nitrogens with two attached hydrogens (primary N) is 1. The third kappa shape index (κ3) is 5.02. The van der Waals surface area contributed by atoms with Crippen molar-refractivity contribution in [3.05, 3.63) is 23.8 Å². The first kappa shape index (κ1) is 20.8. The van der Waals surface area contributed by atoms with Gasteiger partial charge in [-0.1, -0.05) is 0 Å². The molecule has 26 heavy (non-hydrogen) atoms. The van der Waals surface area contributed by atoms with Crippen LogP contribution < -0.4 is 20.5 Å². The van der Waals surface area contributed by atoms with Gasteiger partial charge in [-0.2, -0.15) is 0 Å². The minimum absolute atomic E-state index is 0. The average molecular weight is 385 g/mol. The van der Waals surface area contributed by atoms with Crippen molar-refractivity contribution in [2.24, 2.45) is 5.73 Å². The van der Waals surface area contributed by atoms with Crippen molar-refractivity contribution in [3.63, 3.8) is 0 Å². The van der Waals surface area contributed by atoms with E-state index in [-0.39, 0.29) is 24.4 Å². The molecule has 2 fully saturated rings. The second-order valence-corrected chi connectivity index (χ2v) is 6.95. The summed E-state index contributed by atoms with van der Waals surface area (Å²) in [7, 11) is 1.64. The number of halogens is 1. The lowest BCUT2D eigenvalue weighted by Crippen LogP contribution is -2.56. The number of nitrogens with one attached hydrogen (secondary N) is 1. The van der Waals surface area contributed by atoms with Gasteiger partial charge >= 0.3 is 0 Å². The molecule has 0 atom stereocenters. The van der Waals surface area contributed by atoms with Crippen LogP contribution in [0.15, 0.2) is 18.2 Å². The Bertz CT molecular complexity index is 599. The summed E-state index contributed by atoms with van der Waals surface area (Å²) in [6.45, 7) is 1.45. The topological polar surface area (TPSA) is 82.8 Å². The molecule has 7 heteroatoms. The predicted molar refractivity (Wildman–Crippen MR) is 102 cm³/mol. The molecule has 146 valence electrons. The summed E-state index contributed by atoms with van der Waals surface area (Å²) in [6.07, 6.45) is 5.92. The highest BCUT2D eigenvalue weighted by molar-refractivity contribution is 5.86. The lowest BCUT2D eigenvalue weighted by atomic mass is 9.90. The first-order valence-electron chi connectivity index (χ1n) is 9.09. The number of rotatable bonds is 6. The molecular formula is C19H29ClN2O4. The molecule has 1 aliphatic carbocycles. The van der Waals surface area contributed by atoms with E-state index >= 15 is 0 Å². The van der Waals surface area contributed by atoms with Crippen molar-refractivity contribution in [3.8, 4) is 11.5 Å². The molecule has 0 bridgehead atoms. The average Bonchev–Trinajstić information content (AvgIpc) is 3.14. The summed E-state index contributed by atoms with van der Waals surface area (Å²) >= 11 is 0. The lowest BCUT2D eigenvalue weighted by Gasteiger charge is -2.31. The van der Waals surface area contributed by atoms with Gasteiger partial charge in [0, 0.05) is 31.4 Å². The zero-order valence-corrected chi connectivity index (χ0v) is 16.1. The van der Waals surface area contributed by atoms with Gasteiger partial charge in [0.15, 0.2) is 0 Å². The number of amides is 1. The fourth-order valence-corrected chi connectivity index (χ4v) is 3.42. The third-order valence-corrected chi connectivity index (χ3v) is 5.15. The largest absolute Gasteiger partial charge is 0.497 e. The van der Waals surface area contributed by atoms with E-state index in [2.05, 4.69) is 5.32 Å². The Kier molecular flexibility index (Phi) is 7.55. The fraction of sp³-hybridized carbons (Fsp3) is 0.632. The minimum atomic E-state index is -0.836. The van der Waals surface area contributed by atoms with Gasteiger partial charge in [-0.15, -0.1) is 12.4 Å². The molecule has 0 radical (unpaired) electrons. The number of ether oxygens (including phenoxy) is 3. The van der Waals surface area contributed by atoms with Crippen molar-refractivity contribution in [2.75, 3.05) is 20.3 Å². The maximum atomic E-state index is 12.5. The molecule has 3 N–H and O–H groups in total. The summed E-state index contributed by atoms with van der Waals surface area (Å²) in [5.74, 6) is 1.41. The molecule has 1 aromatic carbocycles. The van der Waals surface area contributed by atoms with Crippen LogP contribution in [0.25, 0.3) is 0 Å². The van der Waals surface area contributed by atoms with Crippen molar-refractivity contribution in [2.45, 2.75) is 56.7 Å². The number of carbonyl (C=O) groups excluding carboxylic acids is 1. The molecule has 6 nitrogen and oxygen atoms in total. The smallest absolute Gasteiger partial charge is 0.240 e. The number of hydrogen-bond donors (Lipinski definition) is 2. The first-order valence-corrected chi connectivity index (χ1v) is 9.09. The standard InChI is InChI=1S/C19H28N2O4.ClH/c1-23-16-7-6-14(17(12-16)25-15-4-2-3-5-15)13-21-18(22)19(20)8-10-24-11-9-19;/h6-7,12,15H,2-5,8-11,13,20H2,1H3,(H,21,22);1H. The van der Waals surface area contributed by atoms with Crippen molar-refractivity contribution in [1.29, 1.82) is 0 Å². The van der Waals surface area contributed by atoms with E-state index < -0.39 is 5.54 Å². The maximum Gasteiger partial charge on any atom is 0.240 e. The zero-order chi connectivity index (χ0) is 17.7. The summed E-state index contributed by atoms with van der Waals surface area (Å²) in [5.41, 5.74) is 6.34. The Morgan fingerprint density at radius 2 is 2.00 bits per heavy atom. The highest BCUT2D eigenvalue weighted by atomic mass is 35.5. The van der Waals surface area contributed by atoms with Gasteiger partial charge in [0.1, 0.15) is 11.5 Å². The molecule has 1 saturated heterocycles. The van der Waals surface area contributed by atoms with Crippen molar-refractivity contribution in [1.82, 2.24) is 5.32 Å². The van der Waals surface area contributed by atoms with Crippen LogP contribution in [0.5, 0.6) is 11.5 Å². The lowest BCUT2D eigenvalue weighted by molar-refractivity contribution is -0.129. The Labute approximate surface area is 161 Å². The van der Waals surface area contributed by atoms with E-state index in [1.165, 1.54) is 12.8 Å². The van der Waals surface area contributed by atoms with E-state index in [1.807, 2.05) is 18.2 Å². The van der Waals surface area contributed by atoms with Crippen LogP contribution in [0.4, 0.5) is 0 Å². The van der Waals surface area contributed by atoms with E-state index in [4.69, 9.17) is 19.9 Å². The number of methoxy groups -OCH3 is 1. The molecule has 3 rings (SSSR count). The van der Waals surface area contributed by atoms with E-state index in [0.717, 1.165) is 29.9 Å². The minimum Gasteiger partial charge on any atom is -0.497 e. The van der Waals surface area contributed by atoms with Crippen LogP contribution in [-0.4, -0.2) is 37.9 Å². The van der Waals surface area contributed by atoms with E-state index in [1.54, 1.807) is 7.11 Å². The third-order valence-electron chi connectivity index (χ3n) is 5.15. The van der Waals surface area contributed by atoms with Gasteiger partial charge in [-0.25, -0.2) is 0 Å². The predicted octanol–water partition coefficient (Wildman–Crippen LogP) is 2.56. The molecule has 1 heterocycles. The van der Waals surface area contributed by atoms with Crippen molar-refractivity contribution < 1.29 is 19.0 Å². The molecule has 1 aromatic rings. The highest BCUT2D eigenvalue weighted by Gasteiger charge is 2.35. The maximum absolute atomic E-state index is 12.5. The zero-order valence-electron chi connectivity index (χ0n) is 15.3. The van der Waals surface area contributed by atoms with Crippen LogP contribution in [0.1, 0.15) is 44.1 Å². The number of benzene rings is 1. The van der Waals surface area contributed by atoms with Gasteiger partial charge < -0.3 is 25.3 Å². The molecule has 0 aromatic heterocycles. The van der Waals surface area contributed by atoms with Crippen LogP contribution >= 0.6 is 12.4 Å². The quantitative estimate of drug-likeness (QED) is 0.787. The summed E-state index contributed by atoms with van der Waals surface area (Å²) in [6, 6.07) is 5.72. The number of carbonyl (C=O) groups is 1. The number of hydrogen-bond acceptors (Lipinski definition) is 5. The van der Waals surface area contributed by atoms with Gasteiger partial charge in [0.05, 0.1) is 18.8 Å². The molecule has 1 amide bonds. The molecule has 2 aliphatic rings. The molecule has 0 spiro atoms. The Morgan fingerprint density at radius 3 is 2.65 bits per heavy atom. The van der Waals surface area contributed by atoms with Gasteiger partial charge in [0.25, 0.3) is 0 Å². The van der Waals surface area contributed by atoms with Crippen LogP contribution in [-0.2, 0) is 16.1 Å². The molecule has 1 saturated carbocycles. The monoisotopic (exact) mass is 384 g/mol. The van der Waals surface area contributed by atoms with Gasteiger partial charge in [-0.05, 0) is 50.7 Å². The summed E-state index contributed by atoms with van der Waals surface area (Å²) in [5, 5.41) is 2.97. The summed E-state index contributed by atoms with van der Waals surface area (Å²) in [4.78, 5) is 12.5. The Hall–Kier alpha value is -1.50. The molecular weight excluding hydrogens is 356 g/mol. The van der Waals surface area contributed by atoms with Gasteiger partial charge in [0.2, 0.25) is 5.91 Å². The Morgan fingerprint density at radius 1 is 1.31 bits per heavy atom. The fourth-order valence-electron chi connectivity index (χ4n) is 3.42. The van der Waals surface area contributed by atoms with E-state index in [9.17, 15) is 4.79 Å². The van der Waals surface area contributed by atoms with Crippen LogP contribution in [0, 0.1) is 0 Å². The summed E-state index contributed by atoms with van der Waals surface area (Å²) < 4.78 is 16.8. The Balaban J connectivity index is 0.00000243. The van der Waals surface area contributed by atoms with Crippen LogP contribution in [0.3, 0.4) is 0 Å². The highest BCUT2D eigenvalue weighted by Crippen LogP contribution is 2.30. The second kappa shape index (κ2) is 9.44. The second-order valence-electron chi connectivity index (χ2n) is 6.95. The SMILES string of the molecule is COc1ccc(CNC(=O)C2(N)CCOCC2)c(OC2CCCC2)c1.Cl. The normalized spacial score (nSPS) is 19.5. The van der Waals surface area contributed by atoms with Crippen LogP contribution in [0.2, 0.25) is 0 Å². The first-order chi connectivity index (χ1) is 12.1. The van der Waals surface area contributed by atoms with Gasteiger partial charge in [-0.3, -0.25) is 4.79 Å². The van der Waals surface area contributed by atoms with Crippen molar-refractivity contribution >= 4 is 18.3 Å². The van der Waals surface area contributed by atoms with E-state index in [0.29, 0.717) is 32.6 Å². The molecule has 1 aliphatic heterocycles. The molecule has 0 unspecified atom stereocenters.